The van der Waals surface area contributed by atoms with Gasteiger partial charge >= 0.3 is 0 Å². The van der Waals surface area contributed by atoms with Gasteiger partial charge in [-0.15, -0.1) is 0 Å². The third-order valence-corrected chi connectivity index (χ3v) is 4.94. The maximum atomic E-state index is 12.6. The van der Waals surface area contributed by atoms with Crippen molar-refractivity contribution in [3.63, 3.8) is 0 Å². The third-order valence-electron chi connectivity index (χ3n) is 3.85. The summed E-state index contributed by atoms with van der Waals surface area (Å²) in [6, 6.07) is 24.1. The summed E-state index contributed by atoms with van der Waals surface area (Å²) in [4.78, 5) is 0.771. The van der Waals surface area contributed by atoms with E-state index in [2.05, 4.69) is 16.9 Å². The number of aryl methyl sites for hydroxylation is 2. The molecule has 116 valence electrons. The van der Waals surface area contributed by atoms with Crippen molar-refractivity contribution in [3.05, 3.63) is 83.9 Å². The van der Waals surface area contributed by atoms with Crippen LogP contribution in [0.1, 0.15) is 11.1 Å². The predicted octanol–water partition coefficient (Wildman–Crippen LogP) is 5.11. The van der Waals surface area contributed by atoms with Crippen LogP contribution in [0.15, 0.2) is 77.7 Å². The molecule has 3 aromatic carbocycles. The average molecular weight is 321 g/mol. The zero-order valence-corrected chi connectivity index (χ0v) is 14.1. The second-order valence-electron chi connectivity index (χ2n) is 5.53. The van der Waals surface area contributed by atoms with E-state index in [-0.39, 0.29) is 0 Å². The molecule has 1 unspecified atom stereocenters. The lowest BCUT2D eigenvalue weighted by molar-refractivity contribution is 0.600. The van der Waals surface area contributed by atoms with Crippen LogP contribution in [0.25, 0.3) is 11.1 Å². The molecule has 1 atom stereocenters. The molecule has 0 spiro atoms. The molecule has 0 aliphatic carbocycles. The lowest BCUT2D eigenvalue weighted by atomic mass is 10.1. The maximum absolute atomic E-state index is 12.6. The zero-order valence-electron chi connectivity index (χ0n) is 13.2. The van der Waals surface area contributed by atoms with Crippen LogP contribution < -0.4 is 4.72 Å². The van der Waals surface area contributed by atoms with Crippen LogP contribution in [0.2, 0.25) is 0 Å². The van der Waals surface area contributed by atoms with Gasteiger partial charge in [0.15, 0.2) is 4.90 Å². The summed E-state index contributed by atoms with van der Waals surface area (Å²) in [6.07, 6.45) is 0. The Morgan fingerprint density at radius 1 is 0.696 bits per heavy atom. The molecule has 0 fully saturated rings. The van der Waals surface area contributed by atoms with Crippen LogP contribution in [0.5, 0.6) is 0 Å². The highest BCUT2D eigenvalue weighted by Gasteiger charge is 2.14. The standard InChI is InChI=1S/C20H19NOS/c1-15-7-6-8-16(2)20(15)21-23(22)19-13-11-18(12-14-19)17-9-4-3-5-10-17/h3-14,21H,1-2H3. The summed E-state index contributed by atoms with van der Waals surface area (Å²) in [5.74, 6) is 0. The van der Waals surface area contributed by atoms with Crippen molar-refractivity contribution < 1.29 is 4.55 Å². The molecular formula is C20H19NOS. The van der Waals surface area contributed by atoms with Crippen LogP contribution >= 0.6 is 0 Å². The lowest BCUT2D eigenvalue weighted by Gasteiger charge is -2.15. The van der Waals surface area contributed by atoms with Crippen molar-refractivity contribution in [2.45, 2.75) is 18.7 Å². The van der Waals surface area contributed by atoms with E-state index < -0.39 is 11.4 Å². The van der Waals surface area contributed by atoms with Gasteiger partial charge in [-0.2, -0.15) is 0 Å². The van der Waals surface area contributed by atoms with Crippen LogP contribution in [0.4, 0.5) is 5.69 Å². The molecule has 3 rings (SSSR count). The van der Waals surface area contributed by atoms with Gasteiger partial charge < -0.3 is 4.55 Å². The Hall–Kier alpha value is -2.23. The Morgan fingerprint density at radius 3 is 1.87 bits per heavy atom. The van der Waals surface area contributed by atoms with E-state index in [1.807, 2.05) is 74.5 Å². The fourth-order valence-corrected chi connectivity index (χ4v) is 3.54. The first-order chi connectivity index (χ1) is 11.1. The third kappa shape index (κ3) is 3.58. The fraction of sp³-hybridized carbons (Fsp3) is 0.100. The molecule has 0 saturated carbocycles. The number of hydrogen-bond donors (Lipinski definition) is 1. The van der Waals surface area contributed by atoms with Gasteiger partial charge in [0.1, 0.15) is 11.4 Å². The normalized spacial score (nSPS) is 12.0. The molecule has 23 heavy (non-hydrogen) atoms. The van der Waals surface area contributed by atoms with Crippen molar-refractivity contribution in [1.29, 1.82) is 0 Å². The van der Waals surface area contributed by atoms with Gasteiger partial charge in [0.2, 0.25) is 0 Å². The number of rotatable bonds is 4. The molecule has 0 saturated heterocycles. The lowest BCUT2D eigenvalue weighted by Crippen LogP contribution is -2.14. The highest BCUT2D eigenvalue weighted by molar-refractivity contribution is 7.92. The summed E-state index contributed by atoms with van der Waals surface area (Å²) in [5, 5.41) is 0. The van der Waals surface area contributed by atoms with Gasteiger partial charge in [0, 0.05) is 0 Å². The van der Waals surface area contributed by atoms with Gasteiger partial charge in [-0.25, -0.2) is 4.72 Å². The smallest absolute Gasteiger partial charge is 0.179 e. The van der Waals surface area contributed by atoms with E-state index in [4.69, 9.17) is 0 Å². The van der Waals surface area contributed by atoms with Crippen LogP contribution in [-0.4, -0.2) is 4.55 Å². The van der Waals surface area contributed by atoms with Gasteiger partial charge in [-0.1, -0.05) is 48.5 Å². The summed E-state index contributed by atoms with van der Waals surface area (Å²) < 4.78 is 15.7. The SMILES string of the molecule is Cc1cccc(C)c1N[S+]([O-])c1ccc(-c2ccccc2)cc1. The van der Waals surface area contributed by atoms with E-state index in [0.29, 0.717) is 0 Å². The number of benzene rings is 3. The zero-order chi connectivity index (χ0) is 16.2. The van der Waals surface area contributed by atoms with E-state index in [9.17, 15) is 4.55 Å². The number of anilines is 1. The summed E-state index contributed by atoms with van der Waals surface area (Å²) in [5.41, 5.74) is 5.42. The Labute approximate surface area is 140 Å². The summed E-state index contributed by atoms with van der Waals surface area (Å²) >= 11 is -1.27. The van der Waals surface area contributed by atoms with E-state index in [1.54, 1.807) is 0 Å². The number of para-hydroxylation sites is 1. The molecule has 0 radical (unpaired) electrons. The van der Waals surface area contributed by atoms with Crippen molar-refractivity contribution in [2.24, 2.45) is 0 Å². The Kier molecular flexibility index (Phi) is 4.70. The van der Waals surface area contributed by atoms with E-state index >= 15 is 0 Å². The molecule has 2 nitrogen and oxygen atoms in total. The van der Waals surface area contributed by atoms with Crippen molar-refractivity contribution in [1.82, 2.24) is 0 Å². The van der Waals surface area contributed by atoms with Gasteiger partial charge in [0.25, 0.3) is 0 Å². The van der Waals surface area contributed by atoms with Crippen LogP contribution in [0, 0.1) is 13.8 Å². The largest absolute Gasteiger partial charge is 0.588 e. The number of hydrogen-bond acceptors (Lipinski definition) is 2. The Balaban J connectivity index is 1.79. The first-order valence-electron chi connectivity index (χ1n) is 7.55. The second-order valence-corrected chi connectivity index (χ2v) is 6.74. The van der Waals surface area contributed by atoms with Gasteiger partial charge in [-0.3, -0.25) is 0 Å². The molecule has 0 aromatic heterocycles. The predicted molar refractivity (Wildman–Crippen MR) is 97.8 cm³/mol. The van der Waals surface area contributed by atoms with E-state index in [0.717, 1.165) is 32.8 Å². The minimum atomic E-state index is -1.27. The summed E-state index contributed by atoms with van der Waals surface area (Å²) in [6.45, 7) is 4.04. The molecule has 1 N–H and O–H groups in total. The minimum Gasteiger partial charge on any atom is -0.588 e. The Morgan fingerprint density at radius 2 is 1.26 bits per heavy atom. The van der Waals surface area contributed by atoms with Crippen molar-refractivity contribution in [3.8, 4) is 11.1 Å². The molecule has 0 aliphatic rings. The highest BCUT2D eigenvalue weighted by Crippen LogP contribution is 2.25. The maximum Gasteiger partial charge on any atom is 0.179 e. The molecule has 3 heteroatoms. The fourth-order valence-electron chi connectivity index (χ4n) is 2.53. The Bertz CT molecular complexity index is 764. The highest BCUT2D eigenvalue weighted by atomic mass is 32.2. The van der Waals surface area contributed by atoms with E-state index in [1.165, 1.54) is 0 Å². The summed E-state index contributed by atoms with van der Waals surface area (Å²) in [7, 11) is 0. The van der Waals surface area contributed by atoms with Crippen molar-refractivity contribution >= 4 is 17.0 Å². The molecule has 0 bridgehead atoms. The monoisotopic (exact) mass is 321 g/mol. The molecule has 0 heterocycles. The number of nitrogens with one attached hydrogen (secondary N) is 1. The first kappa shape index (κ1) is 15.7. The average Bonchev–Trinajstić information content (AvgIpc) is 2.59. The molecule has 0 amide bonds. The molecule has 3 aromatic rings. The van der Waals surface area contributed by atoms with Crippen LogP contribution in [0.3, 0.4) is 0 Å². The molecular weight excluding hydrogens is 302 g/mol. The second kappa shape index (κ2) is 6.90. The quantitative estimate of drug-likeness (QED) is 0.678. The topological polar surface area (TPSA) is 35.1 Å². The van der Waals surface area contributed by atoms with Gasteiger partial charge in [-0.05, 0) is 60.4 Å². The first-order valence-corrected chi connectivity index (χ1v) is 8.70. The van der Waals surface area contributed by atoms with Crippen LogP contribution in [-0.2, 0) is 11.4 Å². The molecule has 0 aliphatic heterocycles. The van der Waals surface area contributed by atoms with Crippen molar-refractivity contribution in [2.75, 3.05) is 4.72 Å². The van der Waals surface area contributed by atoms with Gasteiger partial charge in [0.05, 0.1) is 5.69 Å². The minimum absolute atomic E-state index is 0.771.